The van der Waals surface area contributed by atoms with Crippen LogP contribution in [-0.4, -0.2) is 17.6 Å². The first kappa shape index (κ1) is 14.5. The van der Waals surface area contributed by atoms with Gasteiger partial charge in [0.15, 0.2) is 0 Å². The molecule has 0 bridgehead atoms. The highest BCUT2D eigenvalue weighted by molar-refractivity contribution is 7.09. The number of aryl methyl sites for hydroxylation is 1. The maximum atomic E-state index is 5.81. The highest BCUT2D eigenvalue weighted by Crippen LogP contribution is 2.28. The number of likely N-dealkylation sites (N-methyl/N-ethyl adjacent to an activating group) is 1. The predicted molar refractivity (Wildman–Crippen MR) is 87.1 cm³/mol. The summed E-state index contributed by atoms with van der Waals surface area (Å²) in [7, 11) is 0. The lowest BCUT2D eigenvalue weighted by atomic mass is 10.0. The minimum Gasteiger partial charge on any atom is -0.490 e. The highest BCUT2D eigenvalue weighted by atomic mass is 32.1. The van der Waals surface area contributed by atoms with Crippen molar-refractivity contribution in [1.82, 2.24) is 10.3 Å². The molecule has 3 nitrogen and oxygen atoms in total. The summed E-state index contributed by atoms with van der Waals surface area (Å²) in [5.74, 6) is 0.988. The van der Waals surface area contributed by atoms with E-state index >= 15 is 0 Å². The average Bonchev–Trinajstić information content (AvgIpc) is 3.20. The Bertz CT molecular complexity index is 575. The molecule has 2 aromatic rings. The predicted octanol–water partition coefficient (Wildman–Crippen LogP) is 3.89. The van der Waals surface area contributed by atoms with Crippen LogP contribution in [0.5, 0.6) is 5.75 Å². The molecular formula is C17H22N2OS. The molecular weight excluding hydrogens is 280 g/mol. The second-order valence-electron chi connectivity index (χ2n) is 5.58. The standard InChI is InChI=1S/C17H22N2OS/c1-3-18-16(10-17-19-12(2)11-21-17)13-4-6-14(7-5-13)20-15-8-9-15/h4-7,11,15-16,18H,3,8-10H2,1-2H3. The van der Waals surface area contributed by atoms with Crippen LogP contribution in [0.2, 0.25) is 0 Å². The summed E-state index contributed by atoms with van der Waals surface area (Å²) in [6, 6.07) is 8.84. The van der Waals surface area contributed by atoms with Crippen LogP contribution >= 0.6 is 11.3 Å². The lowest BCUT2D eigenvalue weighted by molar-refractivity contribution is 0.303. The van der Waals surface area contributed by atoms with Crippen molar-refractivity contribution < 1.29 is 4.74 Å². The van der Waals surface area contributed by atoms with E-state index in [2.05, 4.69) is 46.9 Å². The Morgan fingerprint density at radius 3 is 2.67 bits per heavy atom. The number of hydrogen-bond donors (Lipinski definition) is 1. The van der Waals surface area contributed by atoms with E-state index in [1.165, 1.54) is 23.4 Å². The molecule has 1 heterocycles. The molecule has 1 N–H and O–H groups in total. The monoisotopic (exact) mass is 302 g/mol. The number of thiazole rings is 1. The maximum Gasteiger partial charge on any atom is 0.119 e. The summed E-state index contributed by atoms with van der Waals surface area (Å²) in [5, 5.41) is 6.86. The molecule has 21 heavy (non-hydrogen) atoms. The van der Waals surface area contributed by atoms with Gasteiger partial charge in [-0.2, -0.15) is 0 Å². The zero-order valence-electron chi connectivity index (χ0n) is 12.6. The summed E-state index contributed by atoms with van der Waals surface area (Å²) >= 11 is 1.74. The van der Waals surface area contributed by atoms with Gasteiger partial charge < -0.3 is 10.1 Å². The molecule has 1 aromatic heterocycles. The van der Waals surface area contributed by atoms with Crippen molar-refractivity contribution in [2.45, 2.75) is 45.3 Å². The van der Waals surface area contributed by atoms with E-state index in [0.717, 1.165) is 24.4 Å². The fourth-order valence-corrected chi connectivity index (χ4v) is 3.20. The molecule has 0 saturated heterocycles. The molecule has 1 unspecified atom stereocenters. The summed E-state index contributed by atoms with van der Waals surface area (Å²) in [4.78, 5) is 4.58. The molecule has 112 valence electrons. The van der Waals surface area contributed by atoms with Gasteiger partial charge in [-0.3, -0.25) is 0 Å². The minimum absolute atomic E-state index is 0.315. The van der Waals surface area contributed by atoms with Gasteiger partial charge in [0, 0.05) is 23.5 Å². The third-order valence-electron chi connectivity index (χ3n) is 3.61. The van der Waals surface area contributed by atoms with Crippen molar-refractivity contribution in [3.63, 3.8) is 0 Å². The first-order valence-corrected chi connectivity index (χ1v) is 8.53. The first-order chi connectivity index (χ1) is 10.2. The van der Waals surface area contributed by atoms with Crippen LogP contribution in [-0.2, 0) is 6.42 Å². The lowest BCUT2D eigenvalue weighted by Crippen LogP contribution is -2.22. The number of aromatic nitrogens is 1. The fraction of sp³-hybridized carbons (Fsp3) is 0.471. The molecule has 0 amide bonds. The van der Waals surface area contributed by atoms with Crippen molar-refractivity contribution in [2.24, 2.45) is 0 Å². The molecule has 4 heteroatoms. The molecule has 1 aromatic carbocycles. The van der Waals surface area contributed by atoms with Gasteiger partial charge in [-0.25, -0.2) is 4.98 Å². The van der Waals surface area contributed by atoms with Crippen LogP contribution in [0.25, 0.3) is 0 Å². The molecule has 0 aliphatic heterocycles. The second-order valence-corrected chi connectivity index (χ2v) is 6.53. The van der Waals surface area contributed by atoms with Crippen molar-refractivity contribution in [3.05, 3.63) is 45.9 Å². The largest absolute Gasteiger partial charge is 0.490 e. The van der Waals surface area contributed by atoms with Crippen LogP contribution in [0.15, 0.2) is 29.6 Å². The smallest absolute Gasteiger partial charge is 0.119 e. The van der Waals surface area contributed by atoms with Gasteiger partial charge in [-0.05, 0) is 44.0 Å². The number of nitrogens with zero attached hydrogens (tertiary/aromatic N) is 1. The molecule has 0 radical (unpaired) electrons. The van der Waals surface area contributed by atoms with Crippen LogP contribution in [0.3, 0.4) is 0 Å². The fourth-order valence-electron chi connectivity index (χ4n) is 2.38. The average molecular weight is 302 g/mol. The summed E-state index contributed by atoms with van der Waals surface area (Å²) in [6.07, 6.45) is 3.80. The Balaban J connectivity index is 1.69. The van der Waals surface area contributed by atoms with Gasteiger partial charge in [0.25, 0.3) is 0 Å². The topological polar surface area (TPSA) is 34.2 Å². The SMILES string of the molecule is CCNC(Cc1nc(C)cs1)c1ccc(OC2CC2)cc1. The summed E-state index contributed by atoms with van der Waals surface area (Å²) in [6.45, 7) is 5.15. The summed E-state index contributed by atoms with van der Waals surface area (Å²) < 4.78 is 5.81. The van der Waals surface area contributed by atoms with Crippen molar-refractivity contribution in [1.29, 1.82) is 0 Å². The molecule has 1 aliphatic rings. The van der Waals surface area contributed by atoms with Crippen molar-refractivity contribution >= 4 is 11.3 Å². The van der Waals surface area contributed by atoms with Crippen molar-refractivity contribution in [3.8, 4) is 5.75 Å². The lowest BCUT2D eigenvalue weighted by Gasteiger charge is -2.17. The third-order valence-corrected chi connectivity index (χ3v) is 4.59. The normalized spacial score (nSPS) is 15.9. The summed E-state index contributed by atoms with van der Waals surface area (Å²) in [5.41, 5.74) is 2.41. The quantitative estimate of drug-likeness (QED) is 0.842. The van der Waals surface area contributed by atoms with E-state index in [-0.39, 0.29) is 0 Å². The number of rotatable bonds is 7. The van der Waals surface area contributed by atoms with Gasteiger partial charge >= 0.3 is 0 Å². The number of ether oxygens (including phenoxy) is 1. The molecule has 1 fully saturated rings. The van der Waals surface area contributed by atoms with Crippen LogP contribution in [0.1, 0.15) is 42.1 Å². The van der Waals surface area contributed by atoms with E-state index in [9.17, 15) is 0 Å². The Morgan fingerprint density at radius 1 is 1.33 bits per heavy atom. The first-order valence-electron chi connectivity index (χ1n) is 7.65. The van der Waals surface area contributed by atoms with Crippen LogP contribution in [0.4, 0.5) is 0 Å². The van der Waals surface area contributed by atoms with E-state index in [0.29, 0.717) is 12.1 Å². The molecule has 1 saturated carbocycles. The molecule has 3 rings (SSSR count). The Labute approximate surface area is 130 Å². The third kappa shape index (κ3) is 4.05. The van der Waals surface area contributed by atoms with E-state index in [1.807, 2.05) is 6.92 Å². The van der Waals surface area contributed by atoms with Gasteiger partial charge in [-0.15, -0.1) is 11.3 Å². The highest BCUT2D eigenvalue weighted by Gasteiger charge is 2.23. The van der Waals surface area contributed by atoms with Gasteiger partial charge in [0.2, 0.25) is 0 Å². The second kappa shape index (κ2) is 6.58. The van der Waals surface area contributed by atoms with E-state index < -0.39 is 0 Å². The number of nitrogens with one attached hydrogen (secondary N) is 1. The van der Waals surface area contributed by atoms with Gasteiger partial charge in [-0.1, -0.05) is 19.1 Å². The van der Waals surface area contributed by atoms with Gasteiger partial charge in [0.05, 0.1) is 11.1 Å². The zero-order chi connectivity index (χ0) is 14.7. The Morgan fingerprint density at radius 2 is 2.10 bits per heavy atom. The minimum atomic E-state index is 0.315. The van der Waals surface area contributed by atoms with Crippen LogP contribution < -0.4 is 10.1 Å². The van der Waals surface area contributed by atoms with Crippen LogP contribution in [0, 0.1) is 6.92 Å². The molecule has 1 aliphatic carbocycles. The maximum absolute atomic E-state index is 5.81. The van der Waals surface area contributed by atoms with Crippen molar-refractivity contribution in [2.75, 3.05) is 6.54 Å². The Kier molecular flexibility index (Phi) is 4.56. The van der Waals surface area contributed by atoms with E-state index in [1.54, 1.807) is 11.3 Å². The van der Waals surface area contributed by atoms with E-state index in [4.69, 9.17) is 4.74 Å². The Hall–Kier alpha value is -1.39. The number of benzene rings is 1. The number of hydrogen-bond acceptors (Lipinski definition) is 4. The molecule has 1 atom stereocenters. The molecule has 0 spiro atoms. The van der Waals surface area contributed by atoms with Gasteiger partial charge in [0.1, 0.15) is 5.75 Å². The zero-order valence-corrected chi connectivity index (χ0v) is 13.5.